The second kappa shape index (κ2) is 10.6. The van der Waals surface area contributed by atoms with E-state index in [1.165, 1.54) is 15.9 Å². The maximum absolute atomic E-state index is 13.7. The van der Waals surface area contributed by atoms with Crippen LogP contribution in [0.15, 0.2) is 80.1 Å². The number of rotatable bonds is 6. The quantitative estimate of drug-likeness (QED) is 0.292. The van der Waals surface area contributed by atoms with Crippen LogP contribution in [0.2, 0.25) is 10.0 Å². The van der Waals surface area contributed by atoms with Crippen molar-refractivity contribution in [1.82, 2.24) is 4.57 Å². The number of benzene rings is 2. The lowest BCUT2D eigenvalue weighted by Crippen LogP contribution is -2.39. The lowest BCUT2D eigenvalue weighted by Gasteiger charge is -2.24. The Balaban J connectivity index is 1.62. The molecule has 0 saturated carbocycles. The van der Waals surface area contributed by atoms with Crippen molar-refractivity contribution >= 4 is 46.6 Å². The molecule has 1 aliphatic rings. The molecule has 0 fully saturated rings. The van der Waals surface area contributed by atoms with E-state index in [2.05, 4.69) is 4.99 Å². The minimum absolute atomic E-state index is 0.203. The van der Waals surface area contributed by atoms with Gasteiger partial charge >= 0.3 is 5.97 Å². The van der Waals surface area contributed by atoms with Gasteiger partial charge in [0.15, 0.2) is 4.80 Å². The number of ether oxygens (including phenoxy) is 2. The van der Waals surface area contributed by atoms with Crippen LogP contribution in [0.1, 0.15) is 31.2 Å². The van der Waals surface area contributed by atoms with E-state index in [4.69, 9.17) is 37.1 Å². The number of thiazole rings is 1. The number of methoxy groups -OCH3 is 1. The molecule has 194 valence electrons. The zero-order chi connectivity index (χ0) is 27.0. The Morgan fingerprint density at radius 1 is 1.13 bits per heavy atom. The van der Waals surface area contributed by atoms with Crippen molar-refractivity contribution in [3.63, 3.8) is 0 Å². The van der Waals surface area contributed by atoms with E-state index < -0.39 is 12.0 Å². The maximum atomic E-state index is 13.7. The van der Waals surface area contributed by atoms with E-state index in [1.807, 2.05) is 12.1 Å². The van der Waals surface area contributed by atoms with Crippen LogP contribution in [0.5, 0.6) is 5.75 Å². The molecule has 0 aliphatic carbocycles. The molecule has 5 rings (SSSR count). The Morgan fingerprint density at radius 2 is 1.89 bits per heavy atom. The molecule has 0 radical (unpaired) electrons. The van der Waals surface area contributed by atoms with E-state index in [-0.39, 0.29) is 12.2 Å². The topological polar surface area (TPSA) is 83.0 Å². The van der Waals surface area contributed by atoms with Gasteiger partial charge in [-0.3, -0.25) is 9.36 Å². The Bertz CT molecular complexity index is 1750. The molecule has 38 heavy (non-hydrogen) atoms. The summed E-state index contributed by atoms with van der Waals surface area (Å²) >= 11 is 13.4. The summed E-state index contributed by atoms with van der Waals surface area (Å²) in [4.78, 5) is 31.8. The predicted octanol–water partition coefficient (Wildman–Crippen LogP) is 5.37. The average Bonchev–Trinajstić information content (AvgIpc) is 3.49. The fraction of sp³-hybridized carbons (Fsp3) is 0.179. The third-order valence-corrected chi connectivity index (χ3v) is 7.77. The molecule has 0 saturated heterocycles. The number of allylic oxidation sites excluding steroid dienone is 1. The molecule has 2 aromatic carbocycles. The van der Waals surface area contributed by atoms with Gasteiger partial charge in [-0.1, -0.05) is 46.7 Å². The minimum atomic E-state index is -0.707. The largest absolute Gasteiger partial charge is 0.497 e. The van der Waals surface area contributed by atoms with Crippen LogP contribution in [0.25, 0.3) is 17.4 Å². The Labute approximate surface area is 231 Å². The summed E-state index contributed by atoms with van der Waals surface area (Å²) in [5.74, 6) is 1.22. The van der Waals surface area contributed by atoms with Crippen LogP contribution < -0.4 is 19.6 Å². The maximum Gasteiger partial charge on any atom is 0.338 e. The van der Waals surface area contributed by atoms with Gasteiger partial charge < -0.3 is 13.9 Å². The number of carbonyl (C=O) groups is 1. The molecular weight excluding hydrogens is 547 g/mol. The predicted molar refractivity (Wildman–Crippen MR) is 148 cm³/mol. The minimum Gasteiger partial charge on any atom is -0.497 e. The molecule has 1 atom stereocenters. The van der Waals surface area contributed by atoms with Gasteiger partial charge in [0.05, 0.1) is 45.6 Å². The molecule has 0 unspecified atom stereocenters. The van der Waals surface area contributed by atoms with E-state index >= 15 is 0 Å². The third-order valence-electron chi connectivity index (χ3n) is 6.05. The summed E-state index contributed by atoms with van der Waals surface area (Å²) in [6.07, 6.45) is 1.67. The van der Waals surface area contributed by atoms with Gasteiger partial charge in [-0.05, 0) is 61.9 Å². The number of hydrogen-bond acceptors (Lipinski definition) is 7. The van der Waals surface area contributed by atoms with Gasteiger partial charge in [0, 0.05) is 11.6 Å². The van der Waals surface area contributed by atoms with E-state index in [0.717, 1.165) is 11.1 Å². The van der Waals surface area contributed by atoms with Crippen molar-refractivity contribution in [2.24, 2.45) is 4.99 Å². The smallest absolute Gasteiger partial charge is 0.338 e. The first-order valence-electron chi connectivity index (χ1n) is 11.7. The summed E-state index contributed by atoms with van der Waals surface area (Å²) in [6, 6.07) is 15.3. The van der Waals surface area contributed by atoms with E-state index in [0.29, 0.717) is 47.9 Å². The normalized spacial score (nSPS) is 15.3. The number of furan rings is 1. The molecule has 7 nitrogen and oxygen atoms in total. The molecule has 0 amide bonds. The molecule has 10 heteroatoms. The molecule has 0 bridgehead atoms. The first-order chi connectivity index (χ1) is 18.3. The fourth-order valence-electron chi connectivity index (χ4n) is 4.26. The second-order valence-electron chi connectivity index (χ2n) is 8.41. The van der Waals surface area contributed by atoms with Crippen molar-refractivity contribution < 1.29 is 18.7 Å². The Hall–Kier alpha value is -3.59. The van der Waals surface area contributed by atoms with Gasteiger partial charge in [0.1, 0.15) is 17.3 Å². The van der Waals surface area contributed by atoms with Crippen molar-refractivity contribution in [3.05, 3.63) is 107 Å². The highest BCUT2D eigenvalue weighted by atomic mass is 35.5. The van der Waals surface area contributed by atoms with Gasteiger partial charge in [-0.15, -0.1) is 0 Å². The lowest BCUT2D eigenvalue weighted by molar-refractivity contribution is -0.139. The number of esters is 1. The zero-order valence-electron chi connectivity index (χ0n) is 20.7. The van der Waals surface area contributed by atoms with Gasteiger partial charge in [0.2, 0.25) is 0 Å². The summed E-state index contributed by atoms with van der Waals surface area (Å²) in [6.45, 7) is 3.69. The van der Waals surface area contributed by atoms with Crippen LogP contribution in [-0.2, 0) is 9.53 Å². The Kier molecular flexibility index (Phi) is 7.29. The summed E-state index contributed by atoms with van der Waals surface area (Å²) in [5, 5.41) is 0.869. The van der Waals surface area contributed by atoms with Crippen LogP contribution >= 0.6 is 34.5 Å². The van der Waals surface area contributed by atoms with E-state index in [9.17, 15) is 9.59 Å². The summed E-state index contributed by atoms with van der Waals surface area (Å²) < 4.78 is 18.5. The highest BCUT2D eigenvalue weighted by molar-refractivity contribution is 7.07. The number of nitrogens with zero attached hydrogens (tertiary/aromatic N) is 2. The van der Waals surface area contributed by atoms with Crippen LogP contribution in [-0.4, -0.2) is 24.3 Å². The van der Waals surface area contributed by atoms with Gasteiger partial charge in [-0.25, -0.2) is 9.79 Å². The fourth-order valence-corrected chi connectivity index (χ4v) is 5.58. The lowest BCUT2D eigenvalue weighted by atomic mass is 9.96. The first-order valence-corrected chi connectivity index (χ1v) is 13.3. The SMILES string of the molecule is CCOC(=O)C1=C(C)N=c2sc(=Cc3ccc(-c4ccc(Cl)c(Cl)c4)o3)c(=O)n2[C@H]1c1ccc(OC)cc1. The van der Waals surface area contributed by atoms with E-state index in [1.54, 1.807) is 69.5 Å². The monoisotopic (exact) mass is 568 g/mol. The van der Waals surface area contributed by atoms with Crippen molar-refractivity contribution in [2.75, 3.05) is 13.7 Å². The van der Waals surface area contributed by atoms with Gasteiger partial charge in [-0.2, -0.15) is 0 Å². The summed E-state index contributed by atoms with van der Waals surface area (Å²) in [5.41, 5.74) is 2.01. The van der Waals surface area contributed by atoms with Crippen LogP contribution in [0, 0.1) is 0 Å². The number of carbonyl (C=O) groups excluding carboxylic acids is 1. The number of halogens is 2. The molecule has 0 spiro atoms. The highest BCUT2D eigenvalue weighted by Crippen LogP contribution is 2.32. The summed E-state index contributed by atoms with van der Waals surface area (Å²) in [7, 11) is 1.58. The second-order valence-corrected chi connectivity index (χ2v) is 10.2. The van der Waals surface area contributed by atoms with Crippen LogP contribution in [0.4, 0.5) is 0 Å². The number of hydrogen-bond donors (Lipinski definition) is 0. The van der Waals surface area contributed by atoms with Crippen molar-refractivity contribution in [3.8, 4) is 17.1 Å². The zero-order valence-corrected chi connectivity index (χ0v) is 23.0. The average molecular weight is 569 g/mol. The molecule has 3 heterocycles. The standard InChI is InChI=1S/C28H22Cl2N2O5S/c1-4-36-27(34)24-15(2)31-28-32(25(24)16-5-8-18(35-3)9-6-16)26(33)23(38-28)14-19-10-12-22(37-19)17-7-11-20(29)21(30)13-17/h5-14,25H,4H2,1-3H3/t25-/m0/s1. The number of aromatic nitrogens is 1. The third kappa shape index (κ3) is 4.82. The van der Waals surface area contributed by atoms with Crippen molar-refractivity contribution in [2.45, 2.75) is 19.9 Å². The molecule has 0 N–H and O–H groups in total. The molecular formula is C28H22Cl2N2O5S. The molecule has 1 aliphatic heterocycles. The van der Waals surface area contributed by atoms with Crippen LogP contribution in [0.3, 0.4) is 0 Å². The first kappa shape index (κ1) is 26.0. The highest BCUT2D eigenvalue weighted by Gasteiger charge is 2.33. The van der Waals surface area contributed by atoms with Gasteiger partial charge in [0.25, 0.3) is 5.56 Å². The molecule has 2 aromatic heterocycles. The Morgan fingerprint density at radius 3 is 2.58 bits per heavy atom. The van der Waals surface area contributed by atoms with Crippen molar-refractivity contribution in [1.29, 1.82) is 0 Å². The number of fused-ring (bicyclic) bond motifs is 1. The molecule has 4 aromatic rings.